The molecule has 7 nitrogen and oxygen atoms in total. The number of piperazine rings is 1. The van der Waals surface area contributed by atoms with Crippen molar-refractivity contribution < 1.29 is 8.42 Å². The molecule has 0 atom stereocenters. The smallest absolute Gasteiger partial charge is 0.243 e. The number of benzene rings is 1. The largest absolute Gasteiger partial charge is 0.320 e. The van der Waals surface area contributed by atoms with E-state index in [4.69, 9.17) is 0 Å². The molecule has 0 spiro atoms. The predicted octanol–water partition coefficient (Wildman–Crippen LogP) is 1.36. The van der Waals surface area contributed by atoms with Crippen molar-refractivity contribution in [1.82, 2.24) is 24.2 Å². The van der Waals surface area contributed by atoms with Gasteiger partial charge in [0.2, 0.25) is 10.0 Å². The van der Waals surface area contributed by atoms with Crippen LogP contribution in [-0.2, 0) is 10.0 Å². The average Bonchev–Trinajstić information content (AvgIpc) is 3.10. The molecule has 129 valence electrons. The molecule has 8 heteroatoms. The Bertz CT molecular complexity index is 989. The summed E-state index contributed by atoms with van der Waals surface area (Å²) in [5, 5.41) is 0. The van der Waals surface area contributed by atoms with Crippen molar-refractivity contribution in [2.24, 2.45) is 0 Å². The van der Waals surface area contributed by atoms with Gasteiger partial charge in [0.15, 0.2) is 12.0 Å². The van der Waals surface area contributed by atoms with E-state index in [2.05, 4.69) is 26.2 Å². The molecule has 0 amide bonds. The third-order valence-electron chi connectivity index (χ3n) is 4.51. The molecule has 1 radical (unpaired) electrons. The second-order valence-electron chi connectivity index (χ2n) is 6.17. The third-order valence-corrected chi connectivity index (χ3v) is 6.42. The first kappa shape index (κ1) is 16.2. The first-order chi connectivity index (χ1) is 12.0. The highest BCUT2D eigenvalue weighted by Gasteiger charge is 2.27. The second-order valence-corrected chi connectivity index (χ2v) is 8.11. The van der Waals surface area contributed by atoms with Gasteiger partial charge in [0.25, 0.3) is 0 Å². The molecule has 0 bridgehead atoms. The number of nitrogens with one attached hydrogen (secondary N) is 1. The third kappa shape index (κ3) is 3.04. The molecule has 1 saturated heterocycles. The Hall–Kier alpha value is -2.29. The van der Waals surface area contributed by atoms with Gasteiger partial charge in [-0.15, -0.1) is 0 Å². The molecule has 25 heavy (non-hydrogen) atoms. The summed E-state index contributed by atoms with van der Waals surface area (Å²) in [4.78, 5) is 13.7. The topological polar surface area (TPSA) is 82.2 Å². The van der Waals surface area contributed by atoms with E-state index in [0.717, 1.165) is 29.7 Å². The highest BCUT2D eigenvalue weighted by Crippen LogP contribution is 2.24. The van der Waals surface area contributed by atoms with Crippen LogP contribution in [0.2, 0.25) is 0 Å². The number of aromatic nitrogens is 3. The van der Waals surface area contributed by atoms with Crippen LogP contribution in [0.3, 0.4) is 0 Å². The van der Waals surface area contributed by atoms with Gasteiger partial charge in [0, 0.05) is 37.9 Å². The Morgan fingerprint density at radius 1 is 1.08 bits per heavy atom. The molecule has 1 aromatic carbocycles. The van der Waals surface area contributed by atoms with Crippen molar-refractivity contribution >= 4 is 21.2 Å². The van der Waals surface area contributed by atoms with E-state index >= 15 is 0 Å². The number of likely N-dealkylation sites (N-methyl/N-ethyl adjacent to an activating group) is 1. The van der Waals surface area contributed by atoms with E-state index in [1.165, 1.54) is 0 Å². The number of pyridine rings is 1. The van der Waals surface area contributed by atoms with Crippen molar-refractivity contribution in [2.75, 3.05) is 33.2 Å². The Morgan fingerprint density at radius 2 is 1.80 bits per heavy atom. The lowest BCUT2D eigenvalue weighted by Crippen LogP contribution is -2.46. The summed E-state index contributed by atoms with van der Waals surface area (Å²) in [6, 6.07) is 8.83. The monoisotopic (exact) mass is 356 g/mol. The molecular formula is C17H18N5O2S. The standard InChI is InChI=1S/C17H18N5O2S/c1-21-6-8-22(9-7-21)25(23,24)15-4-2-13(3-5-15)14-10-16-17(18-11-14)20-12-19-16/h2-5,10-11H,6-9H2,1H3,(H,18,19,20). The molecule has 1 aliphatic heterocycles. The number of fused-ring (bicyclic) bond motifs is 1. The fourth-order valence-corrected chi connectivity index (χ4v) is 4.35. The normalized spacial score (nSPS) is 17.2. The average molecular weight is 356 g/mol. The Balaban J connectivity index is 1.61. The Morgan fingerprint density at radius 3 is 2.52 bits per heavy atom. The maximum absolute atomic E-state index is 12.8. The van der Waals surface area contributed by atoms with Crippen LogP contribution in [0.25, 0.3) is 22.3 Å². The van der Waals surface area contributed by atoms with Crippen molar-refractivity contribution in [3.05, 3.63) is 42.9 Å². The highest BCUT2D eigenvalue weighted by molar-refractivity contribution is 7.89. The van der Waals surface area contributed by atoms with Crippen LogP contribution in [0.1, 0.15) is 0 Å². The Labute approximate surface area is 146 Å². The number of H-pyrrole nitrogens is 1. The van der Waals surface area contributed by atoms with Crippen LogP contribution >= 0.6 is 0 Å². The van der Waals surface area contributed by atoms with Crippen molar-refractivity contribution in [1.29, 1.82) is 0 Å². The number of rotatable bonds is 3. The fraction of sp³-hybridized carbons (Fsp3) is 0.294. The summed E-state index contributed by atoms with van der Waals surface area (Å²) in [6.07, 6.45) is 4.39. The molecule has 4 rings (SSSR count). The number of hydrogen-bond donors (Lipinski definition) is 1. The van der Waals surface area contributed by atoms with E-state index in [1.807, 2.05) is 25.2 Å². The molecule has 1 N–H and O–H groups in total. The molecule has 1 fully saturated rings. The zero-order chi connectivity index (χ0) is 17.4. The summed E-state index contributed by atoms with van der Waals surface area (Å²) >= 11 is 0. The second kappa shape index (κ2) is 6.21. The maximum Gasteiger partial charge on any atom is 0.243 e. The molecule has 2 aromatic heterocycles. The van der Waals surface area contributed by atoms with Crippen LogP contribution in [0.15, 0.2) is 41.4 Å². The lowest BCUT2D eigenvalue weighted by Gasteiger charge is -2.31. The first-order valence-corrected chi connectivity index (χ1v) is 9.49. The van der Waals surface area contributed by atoms with E-state index in [9.17, 15) is 8.42 Å². The quantitative estimate of drug-likeness (QED) is 0.766. The van der Waals surface area contributed by atoms with Gasteiger partial charge in [-0.2, -0.15) is 4.31 Å². The minimum atomic E-state index is -3.44. The molecule has 3 aromatic rings. The van der Waals surface area contributed by atoms with Crippen LogP contribution < -0.4 is 0 Å². The minimum Gasteiger partial charge on any atom is -0.320 e. The molecule has 1 aliphatic rings. The van der Waals surface area contributed by atoms with Crippen molar-refractivity contribution in [3.8, 4) is 11.1 Å². The maximum atomic E-state index is 12.8. The number of sulfonamides is 1. The SMILES string of the molecule is CN1CCN(S(=O)(=O)c2ccc(-c3cnc4[nH][c]nc4c3)cc2)CC1. The van der Waals surface area contributed by atoms with Gasteiger partial charge in [0.1, 0.15) is 5.52 Å². The van der Waals surface area contributed by atoms with Crippen LogP contribution in [-0.4, -0.2) is 65.8 Å². The van der Waals surface area contributed by atoms with Crippen LogP contribution in [0.4, 0.5) is 0 Å². The molecule has 3 heterocycles. The highest BCUT2D eigenvalue weighted by atomic mass is 32.2. The summed E-state index contributed by atoms with van der Waals surface area (Å²) in [6.45, 7) is 2.56. The van der Waals surface area contributed by atoms with Gasteiger partial charge < -0.3 is 9.88 Å². The van der Waals surface area contributed by atoms with Crippen LogP contribution in [0, 0.1) is 6.33 Å². The van der Waals surface area contributed by atoms with Gasteiger partial charge in [-0.3, -0.25) is 0 Å². The molecule has 0 aliphatic carbocycles. The van der Waals surface area contributed by atoms with E-state index < -0.39 is 10.0 Å². The molecule has 0 saturated carbocycles. The van der Waals surface area contributed by atoms with Gasteiger partial charge in [0.05, 0.1) is 4.90 Å². The van der Waals surface area contributed by atoms with Gasteiger partial charge in [-0.1, -0.05) is 12.1 Å². The first-order valence-electron chi connectivity index (χ1n) is 8.05. The van der Waals surface area contributed by atoms with Crippen LogP contribution in [0.5, 0.6) is 0 Å². The summed E-state index contributed by atoms with van der Waals surface area (Å²) in [5.41, 5.74) is 3.19. The fourth-order valence-electron chi connectivity index (χ4n) is 2.93. The number of nitrogens with zero attached hydrogens (tertiary/aromatic N) is 4. The summed E-state index contributed by atoms with van der Waals surface area (Å²) in [7, 11) is -1.44. The molecule has 0 unspecified atom stereocenters. The van der Waals surface area contributed by atoms with Gasteiger partial charge in [-0.25, -0.2) is 18.4 Å². The minimum absolute atomic E-state index is 0.322. The van der Waals surface area contributed by atoms with Crippen molar-refractivity contribution in [2.45, 2.75) is 4.90 Å². The number of hydrogen-bond acceptors (Lipinski definition) is 5. The van der Waals surface area contributed by atoms with E-state index in [-0.39, 0.29) is 0 Å². The number of aromatic amines is 1. The van der Waals surface area contributed by atoms with Gasteiger partial charge in [-0.05, 0) is 30.8 Å². The molecular weight excluding hydrogens is 338 g/mol. The summed E-state index contributed by atoms with van der Waals surface area (Å²) < 4.78 is 27.1. The van der Waals surface area contributed by atoms with Gasteiger partial charge >= 0.3 is 0 Å². The predicted molar refractivity (Wildman–Crippen MR) is 94.4 cm³/mol. The lowest BCUT2D eigenvalue weighted by molar-refractivity contribution is 0.222. The van der Waals surface area contributed by atoms with E-state index in [0.29, 0.717) is 23.6 Å². The zero-order valence-corrected chi connectivity index (χ0v) is 14.6. The number of imidazole rings is 1. The zero-order valence-electron chi connectivity index (χ0n) is 13.8. The van der Waals surface area contributed by atoms with Crippen molar-refractivity contribution in [3.63, 3.8) is 0 Å². The summed E-state index contributed by atoms with van der Waals surface area (Å²) in [5.74, 6) is 0. The lowest BCUT2D eigenvalue weighted by atomic mass is 10.1. The Kier molecular flexibility index (Phi) is 4.03. The van der Waals surface area contributed by atoms with E-state index in [1.54, 1.807) is 22.6 Å².